The van der Waals surface area contributed by atoms with Crippen LogP contribution in [0.1, 0.15) is 19.8 Å². The molecule has 1 fully saturated rings. The van der Waals surface area contributed by atoms with Gasteiger partial charge in [-0.2, -0.15) is 13.2 Å². The summed E-state index contributed by atoms with van der Waals surface area (Å²) in [6.07, 6.45) is -3.19. The molecule has 5 heteroatoms. The molecule has 0 bridgehead atoms. The number of hydrogen-bond donors (Lipinski definition) is 1. The fourth-order valence-corrected chi connectivity index (χ4v) is 1.58. The second kappa shape index (κ2) is 3.65. The van der Waals surface area contributed by atoms with E-state index >= 15 is 0 Å². The largest absolute Gasteiger partial charge is 0.450 e. The lowest BCUT2D eigenvalue weighted by Gasteiger charge is -2.19. The third kappa shape index (κ3) is 2.43. The average Bonchev–Trinajstić information content (AvgIpc) is 2.51. The van der Waals surface area contributed by atoms with Gasteiger partial charge in [-0.05, 0) is 19.4 Å². The number of Topliss-reactive ketones (excluding diaryl/α,β-unsaturated/α-hetero) is 1. The summed E-state index contributed by atoms with van der Waals surface area (Å²) < 4.78 is 35.9. The molecule has 0 spiro atoms. The SMILES string of the molecule is CC(C(=O)C(F)(F)F)C1CCCN1. The molecule has 1 rings (SSSR count). The molecule has 1 N–H and O–H groups in total. The number of nitrogens with one attached hydrogen (secondary N) is 1. The summed E-state index contributed by atoms with van der Waals surface area (Å²) in [5.74, 6) is -2.57. The first-order valence-electron chi connectivity index (χ1n) is 4.27. The van der Waals surface area contributed by atoms with Crippen LogP contribution in [0.5, 0.6) is 0 Å². The Morgan fingerprint density at radius 3 is 2.54 bits per heavy atom. The van der Waals surface area contributed by atoms with Crippen molar-refractivity contribution in [3.63, 3.8) is 0 Å². The van der Waals surface area contributed by atoms with E-state index in [9.17, 15) is 18.0 Å². The number of alkyl halides is 3. The molecule has 2 unspecified atom stereocenters. The number of halogens is 3. The molecule has 13 heavy (non-hydrogen) atoms. The van der Waals surface area contributed by atoms with Gasteiger partial charge >= 0.3 is 6.18 Å². The van der Waals surface area contributed by atoms with Gasteiger partial charge in [0.15, 0.2) is 0 Å². The van der Waals surface area contributed by atoms with Gasteiger partial charge in [-0.3, -0.25) is 4.79 Å². The zero-order valence-electron chi connectivity index (χ0n) is 7.32. The lowest BCUT2D eigenvalue weighted by Crippen LogP contribution is -2.40. The van der Waals surface area contributed by atoms with E-state index < -0.39 is 17.9 Å². The Kier molecular flexibility index (Phi) is 2.95. The zero-order chi connectivity index (χ0) is 10.1. The molecule has 0 aromatic rings. The molecule has 1 aliphatic heterocycles. The minimum atomic E-state index is -4.69. The van der Waals surface area contributed by atoms with E-state index in [0.717, 1.165) is 6.42 Å². The van der Waals surface area contributed by atoms with Crippen molar-refractivity contribution >= 4 is 5.78 Å². The van der Waals surface area contributed by atoms with Gasteiger partial charge in [-0.1, -0.05) is 6.92 Å². The molecule has 1 saturated heterocycles. The monoisotopic (exact) mass is 195 g/mol. The molecule has 0 aromatic heterocycles. The summed E-state index contributed by atoms with van der Waals surface area (Å²) in [5.41, 5.74) is 0. The van der Waals surface area contributed by atoms with Crippen LogP contribution in [0, 0.1) is 5.92 Å². The fourth-order valence-electron chi connectivity index (χ4n) is 1.58. The Labute approximate surface area is 74.5 Å². The quantitative estimate of drug-likeness (QED) is 0.723. The van der Waals surface area contributed by atoms with E-state index in [4.69, 9.17) is 0 Å². The molecule has 1 aliphatic rings. The third-order valence-corrected chi connectivity index (χ3v) is 2.39. The number of hydrogen-bond acceptors (Lipinski definition) is 2. The Hall–Kier alpha value is -0.580. The van der Waals surface area contributed by atoms with Gasteiger partial charge in [0, 0.05) is 12.0 Å². The Morgan fingerprint density at radius 1 is 1.54 bits per heavy atom. The van der Waals surface area contributed by atoms with Crippen molar-refractivity contribution in [2.45, 2.75) is 32.0 Å². The zero-order valence-corrected chi connectivity index (χ0v) is 7.32. The van der Waals surface area contributed by atoms with Crippen LogP contribution in [0.15, 0.2) is 0 Å². The van der Waals surface area contributed by atoms with E-state index in [-0.39, 0.29) is 6.04 Å². The highest BCUT2D eigenvalue weighted by atomic mass is 19.4. The van der Waals surface area contributed by atoms with Crippen LogP contribution in [0.2, 0.25) is 0 Å². The highest BCUT2D eigenvalue weighted by Crippen LogP contribution is 2.25. The van der Waals surface area contributed by atoms with Gasteiger partial charge < -0.3 is 5.32 Å². The molecule has 2 nitrogen and oxygen atoms in total. The molecule has 0 radical (unpaired) electrons. The molecule has 2 atom stereocenters. The maximum atomic E-state index is 12.0. The van der Waals surface area contributed by atoms with Crippen molar-refractivity contribution < 1.29 is 18.0 Å². The fraction of sp³-hybridized carbons (Fsp3) is 0.875. The number of rotatable bonds is 2. The highest BCUT2D eigenvalue weighted by molar-refractivity contribution is 5.86. The molecule has 0 saturated carbocycles. The lowest BCUT2D eigenvalue weighted by atomic mass is 9.95. The maximum absolute atomic E-state index is 12.0. The minimum absolute atomic E-state index is 0.297. The molecular formula is C8H12F3NO. The Bertz CT molecular complexity index is 196. The van der Waals surface area contributed by atoms with Crippen LogP contribution >= 0.6 is 0 Å². The number of ketones is 1. The predicted octanol–water partition coefficient (Wildman–Crippen LogP) is 1.51. The minimum Gasteiger partial charge on any atom is -0.313 e. The average molecular weight is 195 g/mol. The summed E-state index contributed by atoms with van der Waals surface area (Å²) in [6, 6.07) is -0.297. The van der Waals surface area contributed by atoms with E-state index in [2.05, 4.69) is 5.32 Å². The molecule has 0 aromatic carbocycles. The number of carbonyl (C=O) groups excluding carboxylic acids is 1. The second-order valence-corrected chi connectivity index (χ2v) is 3.35. The van der Waals surface area contributed by atoms with Crippen molar-refractivity contribution in [2.24, 2.45) is 5.92 Å². The van der Waals surface area contributed by atoms with Crippen molar-refractivity contribution in [3.8, 4) is 0 Å². The summed E-state index contributed by atoms with van der Waals surface area (Å²) in [7, 11) is 0. The van der Waals surface area contributed by atoms with Crippen LogP contribution in [-0.4, -0.2) is 24.5 Å². The van der Waals surface area contributed by atoms with Crippen molar-refractivity contribution in [3.05, 3.63) is 0 Å². The predicted molar refractivity (Wildman–Crippen MR) is 41.3 cm³/mol. The summed E-state index contributed by atoms with van der Waals surface area (Å²) in [6.45, 7) is 2.04. The van der Waals surface area contributed by atoms with Gasteiger partial charge in [0.1, 0.15) is 0 Å². The second-order valence-electron chi connectivity index (χ2n) is 3.35. The molecule has 1 heterocycles. The molecule has 0 aliphatic carbocycles. The first-order chi connectivity index (χ1) is 5.93. The lowest BCUT2D eigenvalue weighted by molar-refractivity contribution is -0.175. The van der Waals surface area contributed by atoms with Crippen LogP contribution < -0.4 is 5.32 Å². The molecule has 76 valence electrons. The van der Waals surface area contributed by atoms with Crippen LogP contribution in [-0.2, 0) is 4.79 Å². The topological polar surface area (TPSA) is 29.1 Å². The van der Waals surface area contributed by atoms with Crippen LogP contribution in [0.3, 0.4) is 0 Å². The molecular weight excluding hydrogens is 183 g/mol. The van der Waals surface area contributed by atoms with Crippen molar-refractivity contribution in [1.82, 2.24) is 5.32 Å². The van der Waals surface area contributed by atoms with Crippen LogP contribution in [0.25, 0.3) is 0 Å². The smallest absolute Gasteiger partial charge is 0.313 e. The maximum Gasteiger partial charge on any atom is 0.450 e. The van der Waals surface area contributed by atoms with Gasteiger partial charge in [0.25, 0.3) is 0 Å². The Balaban J connectivity index is 2.56. The van der Waals surface area contributed by atoms with E-state index in [1.54, 1.807) is 0 Å². The van der Waals surface area contributed by atoms with E-state index in [1.807, 2.05) is 0 Å². The van der Waals surface area contributed by atoms with Gasteiger partial charge in [0.05, 0.1) is 0 Å². The normalized spacial score (nSPS) is 26.0. The third-order valence-electron chi connectivity index (χ3n) is 2.39. The van der Waals surface area contributed by atoms with Gasteiger partial charge in [-0.15, -0.1) is 0 Å². The van der Waals surface area contributed by atoms with E-state index in [1.165, 1.54) is 6.92 Å². The highest BCUT2D eigenvalue weighted by Gasteiger charge is 2.44. The summed E-state index contributed by atoms with van der Waals surface area (Å²) >= 11 is 0. The first kappa shape index (κ1) is 10.5. The summed E-state index contributed by atoms with van der Waals surface area (Å²) in [5, 5.41) is 2.89. The summed E-state index contributed by atoms with van der Waals surface area (Å²) in [4.78, 5) is 10.8. The van der Waals surface area contributed by atoms with Gasteiger partial charge in [-0.25, -0.2) is 0 Å². The van der Waals surface area contributed by atoms with E-state index in [0.29, 0.717) is 13.0 Å². The van der Waals surface area contributed by atoms with Gasteiger partial charge in [0.2, 0.25) is 5.78 Å². The van der Waals surface area contributed by atoms with Crippen molar-refractivity contribution in [2.75, 3.05) is 6.54 Å². The standard InChI is InChI=1S/C8H12F3NO/c1-5(6-3-2-4-12-6)7(13)8(9,10)11/h5-6,12H,2-4H2,1H3. The van der Waals surface area contributed by atoms with Crippen molar-refractivity contribution in [1.29, 1.82) is 0 Å². The number of carbonyl (C=O) groups is 1. The van der Waals surface area contributed by atoms with Crippen LogP contribution in [0.4, 0.5) is 13.2 Å². The Morgan fingerprint density at radius 2 is 2.15 bits per heavy atom. The molecule has 0 amide bonds. The first-order valence-corrected chi connectivity index (χ1v) is 4.27.